The Kier molecular flexibility index (Phi) is 6.81. The Labute approximate surface area is 270 Å². The first kappa shape index (κ1) is 28.4. The molecule has 226 valence electrons. The Morgan fingerprint density at radius 2 is 1.52 bits per heavy atom. The molecule has 0 saturated carbocycles. The highest BCUT2D eigenvalue weighted by Crippen LogP contribution is 2.49. The van der Waals surface area contributed by atoms with Gasteiger partial charge >= 0.3 is 0 Å². The van der Waals surface area contributed by atoms with Crippen LogP contribution in [0.25, 0.3) is 44.3 Å². The molecular formula is C43H38N2O. The molecule has 0 fully saturated rings. The number of furan rings is 1. The Hall–Kier alpha value is -5.12. The van der Waals surface area contributed by atoms with Crippen LogP contribution in [0.5, 0.6) is 0 Å². The fraction of sp³-hybridized carbons (Fsp3) is 0.163. The maximum Gasteiger partial charge on any atom is 0.135 e. The third-order valence-corrected chi connectivity index (χ3v) is 9.74. The van der Waals surface area contributed by atoms with Gasteiger partial charge in [0, 0.05) is 21.9 Å². The van der Waals surface area contributed by atoms with Crippen molar-refractivity contribution in [3.63, 3.8) is 0 Å². The number of nitrogens with two attached hydrogens (primary N) is 1. The standard InChI is InChI=1S/C43H38N2O/c1-27(23-31-25-35(31)29-19-22-41-36(24-29)34-14-8-10-16-40(34)46-41)17-21-39(45-42(44)28-11-5-4-6-12-28)30-18-20-33-32-13-7-9-15-37(32)43(2,3)38(33)26-30/h4-16,18-27,42,45H,17,44H2,1-3H3/b31-23-,39-21-/t27-,42?/m0/s1. The van der Waals surface area contributed by atoms with Gasteiger partial charge in [0.1, 0.15) is 17.3 Å². The van der Waals surface area contributed by atoms with Gasteiger partial charge in [-0.2, -0.15) is 0 Å². The molecule has 46 heavy (non-hydrogen) atoms. The van der Waals surface area contributed by atoms with Crippen LogP contribution >= 0.6 is 0 Å². The third kappa shape index (κ3) is 4.98. The number of nitrogens with one attached hydrogen (secondary N) is 1. The van der Waals surface area contributed by atoms with Gasteiger partial charge in [0.2, 0.25) is 0 Å². The molecule has 0 saturated heterocycles. The molecule has 6 aromatic rings. The summed E-state index contributed by atoms with van der Waals surface area (Å²) in [6.07, 6.45) is 7.58. The summed E-state index contributed by atoms with van der Waals surface area (Å²) in [5.41, 5.74) is 21.1. The maximum absolute atomic E-state index is 6.74. The van der Waals surface area contributed by atoms with Crippen LogP contribution < -0.4 is 11.1 Å². The van der Waals surface area contributed by atoms with E-state index in [4.69, 9.17) is 10.2 Å². The molecule has 0 aliphatic heterocycles. The molecule has 0 radical (unpaired) electrons. The second kappa shape index (κ2) is 11.0. The van der Waals surface area contributed by atoms with Crippen LogP contribution in [-0.2, 0) is 5.41 Å². The predicted octanol–water partition coefficient (Wildman–Crippen LogP) is 10.5. The fourth-order valence-electron chi connectivity index (χ4n) is 7.12. The van der Waals surface area contributed by atoms with Crippen molar-refractivity contribution < 1.29 is 4.42 Å². The minimum atomic E-state index is -0.315. The summed E-state index contributed by atoms with van der Waals surface area (Å²) in [5, 5.41) is 6.01. The zero-order chi connectivity index (χ0) is 31.4. The molecule has 3 N–H and O–H groups in total. The van der Waals surface area contributed by atoms with E-state index in [0.717, 1.165) is 39.8 Å². The highest BCUT2D eigenvalue weighted by atomic mass is 16.3. The van der Waals surface area contributed by atoms with Crippen LogP contribution in [0.1, 0.15) is 61.2 Å². The molecule has 2 atom stereocenters. The van der Waals surface area contributed by atoms with E-state index in [1.165, 1.54) is 44.3 Å². The first-order valence-electron chi connectivity index (χ1n) is 16.2. The van der Waals surface area contributed by atoms with Crippen molar-refractivity contribution in [2.75, 3.05) is 0 Å². The second-order valence-corrected chi connectivity index (χ2v) is 13.3. The van der Waals surface area contributed by atoms with Gasteiger partial charge in [-0.3, -0.25) is 0 Å². The molecule has 1 aromatic heterocycles. The number of allylic oxidation sites excluding steroid dienone is 5. The highest BCUT2D eigenvalue weighted by molar-refractivity contribution is 6.07. The quantitative estimate of drug-likeness (QED) is 0.171. The molecule has 0 spiro atoms. The SMILES string of the molecule is C[C@H](/C=C1C=C/1c1ccc2oc3ccccc3c2c1)C/C=C(\NC(N)c1ccccc1)c1ccc2c(c1)C(C)(C)c1ccccc1-2. The fourth-order valence-corrected chi connectivity index (χ4v) is 7.12. The van der Waals surface area contributed by atoms with Crippen molar-refractivity contribution in [3.05, 3.63) is 167 Å². The minimum absolute atomic E-state index is 0.0634. The molecule has 1 heterocycles. The zero-order valence-corrected chi connectivity index (χ0v) is 26.5. The summed E-state index contributed by atoms with van der Waals surface area (Å²) >= 11 is 0. The Morgan fingerprint density at radius 3 is 2.39 bits per heavy atom. The summed E-state index contributed by atoms with van der Waals surface area (Å²) in [6.45, 7) is 6.95. The van der Waals surface area contributed by atoms with E-state index in [0.29, 0.717) is 5.92 Å². The lowest BCUT2D eigenvalue weighted by Crippen LogP contribution is -2.27. The average Bonchev–Trinajstić information content (AvgIpc) is 3.68. The predicted molar refractivity (Wildman–Crippen MR) is 192 cm³/mol. The van der Waals surface area contributed by atoms with E-state index >= 15 is 0 Å². The molecule has 0 amide bonds. The first-order valence-corrected chi connectivity index (χ1v) is 16.2. The normalized spacial score (nSPS) is 17.1. The van der Waals surface area contributed by atoms with Crippen molar-refractivity contribution in [3.8, 4) is 11.1 Å². The van der Waals surface area contributed by atoms with E-state index in [2.05, 4.69) is 129 Å². The second-order valence-electron chi connectivity index (χ2n) is 13.3. The number of hydrogen-bond acceptors (Lipinski definition) is 3. The van der Waals surface area contributed by atoms with E-state index < -0.39 is 0 Å². The molecular weight excluding hydrogens is 560 g/mol. The lowest BCUT2D eigenvalue weighted by atomic mass is 9.82. The molecule has 3 heteroatoms. The van der Waals surface area contributed by atoms with Crippen LogP contribution in [0.15, 0.2) is 143 Å². The lowest BCUT2D eigenvalue weighted by molar-refractivity contribution is 0.654. The van der Waals surface area contributed by atoms with E-state index in [1.54, 1.807) is 0 Å². The smallest absolute Gasteiger partial charge is 0.135 e. The van der Waals surface area contributed by atoms with Crippen LogP contribution in [-0.4, -0.2) is 0 Å². The van der Waals surface area contributed by atoms with Crippen LogP contribution in [0, 0.1) is 5.92 Å². The molecule has 5 aromatic carbocycles. The van der Waals surface area contributed by atoms with Crippen LogP contribution in [0.4, 0.5) is 0 Å². The van der Waals surface area contributed by atoms with Crippen molar-refractivity contribution in [1.82, 2.24) is 5.32 Å². The average molecular weight is 599 g/mol. The monoisotopic (exact) mass is 598 g/mol. The van der Waals surface area contributed by atoms with E-state index in [-0.39, 0.29) is 11.6 Å². The van der Waals surface area contributed by atoms with Gasteiger partial charge in [-0.05, 0) is 92.8 Å². The molecule has 2 aliphatic rings. The van der Waals surface area contributed by atoms with Crippen molar-refractivity contribution >= 4 is 33.2 Å². The summed E-state index contributed by atoms with van der Waals surface area (Å²) in [5.74, 6) is 0.349. The summed E-state index contributed by atoms with van der Waals surface area (Å²) in [4.78, 5) is 0. The van der Waals surface area contributed by atoms with Gasteiger partial charge in [0.15, 0.2) is 0 Å². The molecule has 0 bridgehead atoms. The number of para-hydroxylation sites is 1. The third-order valence-electron chi connectivity index (χ3n) is 9.74. The van der Waals surface area contributed by atoms with Gasteiger partial charge in [0.25, 0.3) is 0 Å². The topological polar surface area (TPSA) is 51.2 Å². The van der Waals surface area contributed by atoms with Gasteiger partial charge in [0.05, 0.1) is 0 Å². The van der Waals surface area contributed by atoms with Crippen LogP contribution in [0.3, 0.4) is 0 Å². The largest absolute Gasteiger partial charge is 0.456 e. The molecule has 8 rings (SSSR count). The van der Waals surface area contributed by atoms with Crippen molar-refractivity contribution in [1.29, 1.82) is 0 Å². The van der Waals surface area contributed by atoms with E-state index in [9.17, 15) is 0 Å². The summed E-state index contributed by atoms with van der Waals surface area (Å²) < 4.78 is 6.04. The number of rotatable bonds is 8. The Bertz CT molecular complexity index is 2210. The minimum Gasteiger partial charge on any atom is -0.456 e. The molecule has 3 nitrogen and oxygen atoms in total. The molecule has 2 aliphatic carbocycles. The van der Waals surface area contributed by atoms with Gasteiger partial charge in [-0.1, -0.05) is 124 Å². The number of hydrogen-bond donors (Lipinski definition) is 2. The van der Waals surface area contributed by atoms with Gasteiger partial charge in [-0.15, -0.1) is 0 Å². The number of benzene rings is 5. The van der Waals surface area contributed by atoms with Gasteiger partial charge in [-0.25, -0.2) is 0 Å². The number of fused-ring (bicyclic) bond motifs is 6. The van der Waals surface area contributed by atoms with Gasteiger partial charge < -0.3 is 15.5 Å². The van der Waals surface area contributed by atoms with Crippen molar-refractivity contribution in [2.24, 2.45) is 11.7 Å². The highest BCUT2D eigenvalue weighted by Gasteiger charge is 2.35. The van der Waals surface area contributed by atoms with Crippen molar-refractivity contribution in [2.45, 2.75) is 38.8 Å². The first-order chi connectivity index (χ1) is 22.4. The van der Waals surface area contributed by atoms with Crippen LogP contribution in [0.2, 0.25) is 0 Å². The van der Waals surface area contributed by atoms with E-state index in [1.807, 2.05) is 30.3 Å². The maximum atomic E-state index is 6.74. The summed E-state index contributed by atoms with van der Waals surface area (Å²) in [7, 11) is 0. The lowest BCUT2D eigenvalue weighted by Gasteiger charge is -2.24. The Balaban J connectivity index is 1.06. The zero-order valence-electron chi connectivity index (χ0n) is 26.5. The molecule has 1 unspecified atom stereocenters. The summed E-state index contributed by atoms with van der Waals surface area (Å²) in [6, 6.07) is 40.7. The Morgan fingerprint density at radius 1 is 0.783 bits per heavy atom.